The zero-order valence-corrected chi connectivity index (χ0v) is 11.3. The molecule has 2 N–H and O–H groups in total. The van der Waals surface area contributed by atoms with Crippen molar-refractivity contribution in [1.29, 1.82) is 0 Å². The van der Waals surface area contributed by atoms with Gasteiger partial charge in [-0.3, -0.25) is 0 Å². The summed E-state index contributed by atoms with van der Waals surface area (Å²) in [6.45, 7) is 3.52. The molecule has 0 radical (unpaired) electrons. The van der Waals surface area contributed by atoms with Gasteiger partial charge < -0.3 is 15.2 Å². The highest BCUT2D eigenvalue weighted by atomic mass is 32.1. The molecule has 0 bridgehead atoms. The second-order valence-electron chi connectivity index (χ2n) is 3.97. The van der Waals surface area contributed by atoms with E-state index in [4.69, 9.17) is 4.74 Å². The fourth-order valence-corrected chi connectivity index (χ4v) is 2.39. The number of thiazole rings is 1. The SMILES string of the molecule is COc1cc(CNCc2ncc(C)s2)ccc1O. The van der Waals surface area contributed by atoms with Gasteiger partial charge in [0.1, 0.15) is 5.01 Å². The van der Waals surface area contributed by atoms with Gasteiger partial charge in [0.05, 0.1) is 7.11 Å². The number of nitrogens with one attached hydrogen (secondary N) is 1. The van der Waals surface area contributed by atoms with Gasteiger partial charge in [0.15, 0.2) is 11.5 Å². The van der Waals surface area contributed by atoms with Crippen molar-refractivity contribution in [3.05, 3.63) is 39.8 Å². The number of rotatable bonds is 5. The summed E-state index contributed by atoms with van der Waals surface area (Å²) in [6.07, 6.45) is 1.88. The third-order valence-electron chi connectivity index (χ3n) is 2.52. The smallest absolute Gasteiger partial charge is 0.160 e. The second kappa shape index (κ2) is 5.84. The number of methoxy groups -OCH3 is 1. The van der Waals surface area contributed by atoms with Crippen LogP contribution in [0.1, 0.15) is 15.4 Å². The number of ether oxygens (including phenoxy) is 1. The maximum Gasteiger partial charge on any atom is 0.160 e. The summed E-state index contributed by atoms with van der Waals surface area (Å²) in [4.78, 5) is 5.51. The Labute approximate surface area is 110 Å². The fourth-order valence-electron chi connectivity index (χ4n) is 1.63. The number of aromatic nitrogens is 1. The lowest BCUT2D eigenvalue weighted by molar-refractivity contribution is 0.373. The summed E-state index contributed by atoms with van der Waals surface area (Å²) in [5, 5.41) is 13.9. The lowest BCUT2D eigenvalue weighted by Crippen LogP contribution is -2.12. The summed E-state index contributed by atoms with van der Waals surface area (Å²) in [7, 11) is 1.55. The molecule has 4 nitrogen and oxygen atoms in total. The maximum atomic E-state index is 9.49. The molecule has 1 aromatic carbocycles. The molecular formula is C13H16N2O2S. The second-order valence-corrected chi connectivity index (χ2v) is 5.29. The van der Waals surface area contributed by atoms with Crippen LogP contribution in [-0.2, 0) is 13.1 Å². The van der Waals surface area contributed by atoms with Crippen molar-refractivity contribution in [3.63, 3.8) is 0 Å². The minimum atomic E-state index is 0.164. The van der Waals surface area contributed by atoms with Crippen LogP contribution in [0.25, 0.3) is 0 Å². The summed E-state index contributed by atoms with van der Waals surface area (Å²) >= 11 is 1.69. The van der Waals surface area contributed by atoms with E-state index in [0.29, 0.717) is 5.75 Å². The van der Waals surface area contributed by atoms with Gasteiger partial charge in [0.25, 0.3) is 0 Å². The largest absolute Gasteiger partial charge is 0.504 e. The van der Waals surface area contributed by atoms with Crippen molar-refractivity contribution in [2.45, 2.75) is 20.0 Å². The monoisotopic (exact) mass is 264 g/mol. The maximum absolute atomic E-state index is 9.49. The lowest BCUT2D eigenvalue weighted by atomic mass is 10.2. The van der Waals surface area contributed by atoms with Crippen LogP contribution >= 0.6 is 11.3 Å². The van der Waals surface area contributed by atoms with Crippen molar-refractivity contribution in [3.8, 4) is 11.5 Å². The molecule has 0 spiro atoms. The van der Waals surface area contributed by atoms with E-state index < -0.39 is 0 Å². The van der Waals surface area contributed by atoms with Crippen LogP contribution in [0.2, 0.25) is 0 Å². The van der Waals surface area contributed by atoms with Crippen LogP contribution < -0.4 is 10.1 Å². The number of benzene rings is 1. The minimum absolute atomic E-state index is 0.164. The predicted octanol–water partition coefficient (Wildman–Crippen LogP) is 2.46. The van der Waals surface area contributed by atoms with Crippen LogP contribution in [0, 0.1) is 6.92 Å². The Bertz CT molecular complexity index is 525. The van der Waals surface area contributed by atoms with E-state index >= 15 is 0 Å². The Kier molecular flexibility index (Phi) is 4.17. The molecule has 0 aliphatic carbocycles. The van der Waals surface area contributed by atoms with E-state index in [9.17, 15) is 5.11 Å². The molecule has 0 saturated carbocycles. The van der Waals surface area contributed by atoms with Crippen molar-refractivity contribution in [2.24, 2.45) is 0 Å². The molecule has 1 aromatic heterocycles. The first-order chi connectivity index (χ1) is 8.69. The number of hydrogen-bond donors (Lipinski definition) is 2. The molecular weight excluding hydrogens is 248 g/mol. The van der Waals surface area contributed by atoms with Crippen LogP contribution in [0.15, 0.2) is 24.4 Å². The highest BCUT2D eigenvalue weighted by Crippen LogP contribution is 2.26. The van der Waals surface area contributed by atoms with Gasteiger partial charge in [-0.25, -0.2) is 4.98 Å². The zero-order valence-electron chi connectivity index (χ0n) is 10.4. The predicted molar refractivity (Wildman–Crippen MR) is 72.1 cm³/mol. The molecule has 18 heavy (non-hydrogen) atoms. The van der Waals surface area contributed by atoms with E-state index in [-0.39, 0.29) is 5.75 Å². The van der Waals surface area contributed by atoms with Crippen LogP contribution in [0.4, 0.5) is 0 Å². The number of nitrogens with zero attached hydrogens (tertiary/aromatic N) is 1. The number of aromatic hydroxyl groups is 1. The lowest BCUT2D eigenvalue weighted by Gasteiger charge is -2.07. The summed E-state index contributed by atoms with van der Waals surface area (Å²) in [5.41, 5.74) is 1.07. The Morgan fingerprint density at radius 3 is 2.89 bits per heavy atom. The summed E-state index contributed by atoms with van der Waals surface area (Å²) in [6, 6.07) is 5.34. The van der Waals surface area contributed by atoms with Gasteiger partial charge in [0, 0.05) is 24.2 Å². The highest BCUT2D eigenvalue weighted by Gasteiger charge is 2.03. The van der Waals surface area contributed by atoms with Crippen molar-refractivity contribution >= 4 is 11.3 Å². The Morgan fingerprint density at radius 2 is 2.22 bits per heavy atom. The van der Waals surface area contributed by atoms with E-state index in [2.05, 4.69) is 10.3 Å². The zero-order chi connectivity index (χ0) is 13.0. The average molecular weight is 264 g/mol. The fraction of sp³-hybridized carbons (Fsp3) is 0.308. The van der Waals surface area contributed by atoms with E-state index in [1.165, 1.54) is 4.88 Å². The summed E-state index contributed by atoms with van der Waals surface area (Å²) in [5.74, 6) is 0.663. The first kappa shape index (κ1) is 12.9. The molecule has 5 heteroatoms. The summed E-state index contributed by atoms with van der Waals surface area (Å²) < 4.78 is 5.07. The molecule has 0 saturated heterocycles. The quantitative estimate of drug-likeness (QED) is 0.871. The first-order valence-corrected chi connectivity index (χ1v) is 6.48. The molecule has 96 valence electrons. The van der Waals surface area contributed by atoms with Crippen LogP contribution in [0.3, 0.4) is 0 Å². The third kappa shape index (κ3) is 3.21. The topological polar surface area (TPSA) is 54.4 Å². The number of phenolic OH excluding ortho intramolecular Hbond substituents is 1. The number of phenols is 1. The molecule has 0 unspecified atom stereocenters. The molecule has 0 fully saturated rings. The van der Waals surface area contributed by atoms with E-state index in [0.717, 1.165) is 23.7 Å². The Balaban J connectivity index is 1.90. The Morgan fingerprint density at radius 1 is 1.39 bits per heavy atom. The van der Waals surface area contributed by atoms with Crippen LogP contribution in [-0.4, -0.2) is 17.2 Å². The average Bonchev–Trinajstić information content (AvgIpc) is 2.77. The first-order valence-electron chi connectivity index (χ1n) is 5.67. The third-order valence-corrected chi connectivity index (χ3v) is 3.43. The molecule has 0 aliphatic rings. The van der Waals surface area contributed by atoms with Crippen molar-refractivity contribution < 1.29 is 9.84 Å². The number of aryl methyl sites for hydroxylation is 1. The molecule has 0 amide bonds. The van der Waals surface area contributed by atoms with Gasteiger partial charge in [-0.1, -0.05) is 6.07 Å². The number of hydrogen-bond acceptors (Lipinski definition) is 5. The highest BCUT2D eigenvalue weighted by molar-refractivity contribution is 7.11. The minimum Gasteiger partial charge on any atom is -0.504 e. The van der Waals surface area contributed by atoms with Gasteiger partial charge in [-0.05, 0) is 24.6 Å². The van der Waals surface area contributed by atoms with E-state index in [1.807, 2.05) is 25.3 Å². The van der Waals surface area contributed by atoms with Crippen molar-refractivity contribution in [1.82, 2.24) is 10.3 Å². The van der Waals surface area contributed by atoms with Gasteiger partial charge >= 0.3 is 0 Å². The normalized spacial score (nSPS) is 10.6. The Hall–Kier alpha value is -1.59. The molecule has 1 heterocycles. The molecule has 0 aliphatic heterocycles. The van der Waals surface area contributed by atoms with E-state index in [1.54, 1.807) is 24.5 Å². The standard InChI is InChI=1S/C13H16N2O2S/c1-9-6-15-13(18-9)8-14-7-10-3-4-11(16)12(5-10)17-2/h3-6,14,16H,7-8H2,1-2H3. The van der Waals surface area contributed by atoms with Gasteiger partial charge in [0.2, 0.25) is 0 Å². The van der Waals surface area contributed by atoms with Crippen LogP contribution in [0.5, 0.6) is 11.5 Å². The molecule has 0 atom stereocenters. The molecule has 2 rings (SSSR count). The van der Waals surface area contributed by atoms with Gasteiger partial charge in [-0.15, -0.1) is 11.3 Å². The van der Waals surface area contributed by atoms with Crippen molar-refractivity contribution in [2.75, 3.05) is 7.11 Å². The van der Waals surface area contributed by atoms with Gasteiger partial charge in [-0.2, -0.15) is 0 Å². The molecule has 2 aromatic rings.